The molecule has 0 amide bonds. The summed E-state index contributed by atoms with van der Waals surface area (Å²) in [6.07, 6.45) is 1.62. The zero-order chi connectivity index (χ0) is 12.8. The number of hydrogen-bond donors (Lipinski definition) is 1. The largest absolute Gasteiger partial charge is 0.395 e. The van der Waals surface area contributed by atoms with Crippen LogP contribution in [0.4, 0.5) is 13.2 Å². The van der Waals surface area contributed by atoms with Gasteiger partial charge in [-0.2, -0.15) is 0 Å². The van der Waals surface area contributed by atoms with E-state index in [0.29, 0.717) is 18.7 Å². The third-order valence-corrected chi connectivity index (χ3v) is 2.25. The van der Waals surface area contributed by atoms with Crippen LogP contribution >= 0.6 is 0 Å². The summed E-state index contributed by atoms with van der Waals surface area (Å²) in [5.41, 5.74) is 0.316. The Balaban J connectivity index is 2.81. The highest BCUT2D eigenvalue weighted by molar-refractivity contribution is 5.19. The van der Waals surface area contributed by atoms with Crippen molar-refractivity contribution in [1.82, 2.24) is 4.90 Å². The number of nitrogens with zero attached hydrogens (tertiary/aromatic N) is 1. The molecule has 2 nitrogen and oxygen atoms in total. The third-order valence-electron chi connectivity index (χ3n) is 2.25. The number of hydrogen-bond acceptors (Lipinski definition) is 2. The molecule has 0 radical (unpaired) electrons. The van der Waals surface area contributed by atoms with E-state index in [4.69, 9.17) is 5.11 Å². The monoisotopic (exact) mass is 245 g/mol. The van der Waals surface area contributed by atoms with E-state index >= 15 is 0 Å². The van der Waals surface area contributed by atoms with Gasteiger partial charge in [0.25, 0.3) is 0 Å². The minimum atomic E-state index is -1.47. The van der Waals surface area contributed by atoms with Crippen LogP contribution in [0.3, 0.4) is 0 Å². The Morgan fingerprint density at radius 3 is 2.29 bits per heavy atom. The van der Waals surface area contributed by atoms with E-state index in [2.05, 4.69) is 6.58 Å². The number of rotatable bonds is 6. The van der Waals surface area contributed by atoms with Crippen LogP contribution in [0, 0.1) is 17.5 Å². The molecule has 0 bridgehead atoms. The number of aliphatic hydroxyl groups excluding tert-OH is 1. The Morgan fingerprint density at radius 1 is 1.24 bits per heavy atom. The van der Waals surface area contributed by atoms with Gasteiger partial charge in [0, 0.05) is 19.6 Å². The van der Waals surface area contributed by atoms with Crippen molar-refractivity contribution < 1.29 is 18.3 Å². The molecule has 0 unspecified atom stereocenters. The van der Waals surface area contributed by atoms with Crippen molar-refractivity contribution in [3.05, 3.63) is 47.8 Å². The fourth-order valence-corrected chi connectivity index (χ4v) is 1.52. The number of aliphatic hydroxyl groups is 1. The van der Waals surface area contributed by atoms with E-state index in [1.54, 1.807) is 11.0 Å². The lowest BCUT2D eigenvalue weighted by molar-refractivity contribution is 0.203. The topological polar surface area (TPSA) is 23.5 Å². The van der Waals surface area contributed by atoms with Crippen molar-refractivity contribution in [1.29, 1.82) is 0 Å². The minimum Gasteiger partial charge on any atom is -0.395 e. The summed E-state index contributed by atoms with van der Waals surface area (Å²) >= 11 is 0. The lowest BCUT2D eigenvalue weighted by atomic mass is 10.2. The van der Waals surface area contributed by atoms with Crippen LogP contribution in [-0.4, -0.2) is 29.7 Å². The predicted molar refractivity (Wildman–Crippen MR) is 58.9 cm³/mol. The SMILES string of the molecule is C=CCN(CCO)Cc1cc(F)c(F)c(F)c1. The molecule has 0 saturated carbocycles. The second-order valence-electron chi connectivity index (χ2n) is 3.62. The van der Waals surface area contributed by atoms with Crippen LogP contribution in [-0.2, 0) is 6.54 Å². The lowest BCUT2D eigenvalue weighted by Crippen LogP contribution is -2.26. The normalized spacial score (nSPS) is 10.9. The van der Waals surface area contributed by atoms with Crippen LogP contribution < -0.4 is 0 Å². The molecule has 1 aromatic carbocycles. The van der Waals surface area contributed by atoms with Crippen molar-refractivity contribution >= 4 is 0 Å². The smallest absolute Gasteiger partial charge is 0.194 e. The number of benzene rings is 1. The van der Waals surface area contributed by atoms with Gasteiger partial charge in [0.05, 0.1) is 6.61 Å². The Labute approximate surface area is 98.0 Å². The van der Waals surface area contributed by atoms with E-state index in [1.807, 2.05) is 0 Å². The van der Waals surface area contributed by atoms with Gasteiger partial charge in [0.2, 0.25) is 0 Å². The Hall–Kier alpha value is -1.33. The molecule has 94 valence electrons. The van der Waals surface area contributed by atoms with E-state index in [-0.39, 0.29) is 13.2 Å². The third kappa shape index (κ3) is 3.87. The zero-order valence-corrected chi connectivity index (χ0v) is 9.30. The summed E-state index contributed by atoms with van der Waals surface area (Å²) in [5.74, 6) is -3.88. The van der Waals surface area contributed by atoms with Gasteiger partial charge in [-0.1, -0.05) is 6.08 Å². The molecule has 1 aromatic rings. The molecule has 0 fully saturated rings. The molecule has 0 aromatic heterocycles. The fraction of sp³-hybridized carbons (Fsp3) is 0.333. The van der Waals surface area contributed by atoms with Crippen LogP contribution in [0.5, 0.6) is 0 Å². The molecular formula is C12H14F3NO. The molecular weight excluding hydrogens is 231 g/mol. The maximum atomic E-state index is 13.0. The average Bonchev–Trinajstić information content (AvgIpc) is 2.26. The molecule has 0 aliphatic heterocycles. The predicted octanol–water partition coefficient (Wildman–Crippen LogP) is 2.08. The van der Waals surface area contributed by atoms with Crippen molar-refractivity contribution in [2.24, 2.45) is 0 Å². The van der Waals surface area contributed by atoms with E-state index < -0.39 is 17.5 Å². The summed E-state index contributed by atoms with van der Waals surface area (Å²) in [4.78, 5) is 1.74. The maximum absolute atomic E-state index is 13.0. The first-order valence-electron chi connectivity index (χ1n) is 5.16. The minimum absolute atomic E-state index is 0.0694. The molecule has 0 saturated heterocycles. The summed E-state index contributed by atoms with van der Waals surface area (Å²) in [5, 5.41) is 8.81. The second-order valence-corrected chi connectivity index (χ2v) is 3.62. The maximum Gasteiger partial charge on any atom is 0.194 e. The van der Waals surface area contributed by atoms with Gasteiger partial charge in [-0.3, -0.25) is 4.90 Å². The van der Waals surface area contributed by atoms with Gasteiger partial charge in [-0.05, 0) is 17.7 Å². The molecule has 0 heterocycles. The molecule has 0 aliphatic carbocycles. The van der Waals surface area contributed by atoms with Gasteiger partial charge in [0.1, 0.15) is 0 Å². The zero-order valence-electron chi connectivity index (χ0n) is 9.30. The molecule has 1 N–H and O–H groups in total. The second kappa shape index (κ2) is 6.42. The van der Waals surface area contributed by atoms with Crippen LogP contribution in [0.2, 0.25) is 0 Å². The average molecular weight is 245 g/mol. The highest BCUT2D eigenvalue weighted by atomic mass is 19.2. The highest BCUT2D eigenvalue weighted by Gasteiger charge is 2.12. The van der Waals surface area contributed by atoms with Crippen molar-refractivity contribution in [3.8, 4) is 0 Å². The van der Waals surface area contributed by atoms with Crippen molar-refractivity contribution in [3.63, 3.8) is 0 Å². The summed E-state index contributed by atoms with van der Waals surface area (Å²) < 4.78 is 38.6. The van der Waals surface area contributed by atoms with Gasteiger partial charge >= 0.3 is 0 Å². The van der Waals surface area contributed by atoms with Crippen molar-refractivity contribution in [2.75, 3.05) is 19.7 Å². The molecule has 1 rings (SSSR count). The summed E-state index contributed by atoms with van der Waals surface area (Å²) in [6.45, 7) is 4.52. The first-order chi connectivity index (χ1) is 8.08. The first kappa shape index (κ1) is 13.7. The van der Waals surface area contributed by atoms with Crippen LogP contribution in [0.1, 0.15) is 5.56 Å². The van der Waals surface area contributed by atoms with Gasteiger partial charge in [-0.25, -0.2) is 13.2 Å². The molecule has 0 spiro atoms. The van der Waals surface area contributed by atoms with Gasteiger partial charge in [0.15, 0.2) is 17.5 Å². The quantitative estimate of drug-likeness (QED) is 0.612. The Bertz CT molecular complexity index is 372. The summed E-state index contributed by atoms with van der Waals surface area (Å²) in [6, 6.07) is 1.90. The van der Waals surface area contributed by atoms with Crippen molar-refractivity contribution in [2.45, 2.75) is 6.54 Å². The van der Waals surface area contributed by atoms with E-state index in [9.17, 15) is 13.2 Å². The van der Waals surface area contributed by atoms with Crippen LogP contribution in [0.25, 0.3) is 0 Å². The Morgan fingerprint density at radius 2 is 1.82 bits per heavy atom. The standard InChI is InChI=1S/C12H14F3NO/c1-2-3-16(4-5-17)8-9-6-10(13)12(15)11(14)7-9/h2,6-7,17H,1,3-5,8H2. The molecule has 17 heavy (non-hydrogen) atoms. The first-order valence-corrected chi connectivity index (χ1v) is 5.16. The van der Waals surface area contributed by atoms with E-state index in [0.717, 1.165) is 12.1 Å². The summed E-state index contributed by atoms with van der Waals surface area (Å²) in [7, 11) is 0. The van der Waals surface area contributed by atoms with Gasteiger partial charge in [-0.15, -0.1) is 6.58 Å². The van der Waals surface area contributed by atoms with E-state index in [1.165, 1.54) is 0 Å². The molecule has 0 aliphatic rings. The fourth-order valence-electron chi connectivity index (χ4n) is 1.52. The van der Waals surface area contributed by atoms with Gasteiger partial charge < -0.3 is 5.11 Å². The highest BCUT2D eigenvalue weighted by Crippen LogP contribution is 2.15. The Kier molecular flexibility index (Phi) is 5.18. The van der Waals surface area contributed by atoms with Crippen LogP contribution in [0.15, 0.2) is 24.8 Å². The molecule has 5 heteroatoms. The lowest BCUT2D eigenvalue weighted by Gasteiger charge is -2.19. The molecule has 0 atom stereocenters. The number of halogens is 3.